The van der Waals surface area contributed by atoms with Crippen molar-refractivity contribution in [3.63, 3.8) is 0 Å². The van der Waals surface area contributed by atoms with Crippen molar-refractivity contribution in [2.75, 3.05) is 5.32 Å². The molecular weight excluding hydrogens is 303 g/mol. The summed E-state index contributed by atoms with van der Waals surface area (Å²) in [7, 11) is 0. The average Bonchev–Trinajstić information content (AvgIpc) is 2.42. The minimum absolute atomic E-state index is 0.159. The molecule has 5 heteroatoms. The maximum atomic E-state index is 14.0. The predicted octanol–water partition coefficient (Wildman–Crippen LogP) is 5.75. The van der Waals surface area contributed by atoms with E-state index in [-0.39, 0.29) is 11.7 Å². The first-order valence-electron chi connectivity index (χ1n) is 6.07. The molecule has 0 radical (unpaired) electrons. The normalized spacial score (nSPS) is 12.3. The zero-order valence-electron chi connectivity index (χ0n) is 11.0. The fraction of sp³-hybridized carbons (Fsp3) is 0.200. The summed E-state index contributed by atoms with van der Waals surface area (Å²) in [5, 5.41) is 3.59. The minimum atomic E-state index is -0.641. The quantitative estimate of drug-likeness (QED) is 0.760. The number of hydrogen-bond donors (Lipinski definition) is 1. The van der Waals surface area contributed by atoms with Gasteiger partial charge in [-0.1, -0.05) is 41.4 Å². The van der Waals surface area contributed by atoms with Crippen LogP contribution < -0.4 is 5.32 Å². The van der Waals surface area contributed by atoms with Gasteiger partial charge in [-0.3, -0.25) is 0 Å². The Morgan fingerprint density at radius 2 is 1.80 bits per heavy atom. The van der Waals surface area contributed by atoms with Crippen molar-refractivity contribution in [1.29, 1.82) is 0 Å². The molecule has 20 heavy (non-hydrogen) atoms. The van der Waals surface area contributed by atoms with Gasteiger partial charge in [0, 0.05) is 0 Å². The highest BCUT2D eigenvalue weighted by Crippen LogP contribution is 2.33. The lowest BCUT2D eigenvalue weighted by molar-refractivity contribution is 0.579. The van der Waals surface area contributed by atoms with Crippen molar-refractivity contribution in [1.82, 2.24) is 0 Å². The Balaban J connectivity index is 2.35. The van der Waals surface area contributed by atoms with E-state index < -0.39 is 11.6 Å². The largest absolute Gasteiger partial charge is 0.374 e. The molecule has 0 saturated carbocycles. The molecule has 0 bridgehead atoms. The first-order chi connectivity index (χ1) is 9.41. The average molecular weight is 316 g/mol. The van der Waals surface area contributed by atoms with Crippen LogP contribution in [0, 0.1) is 18.6 Å². The number of halogens is 4. The Morgan fingerprint density at radius 1 is 1.10 bits per heavy atom. The van der Waals surface area contributed by atoms with Gasteiger partial charge in [-0.15, -0.1) is 0 Å². The summed E-state index contributed by atoms with van der Waals surface area (Å²) in [5.41, 5.74) is 0.895. The molecule has 0 aliphatic carbocycles. The van der Waals surface area contributed by atoms with Crippen LogP contribution in [-0.2, 0) is 0 Å². The minimum Gasteiger partial charge on any atom is -0.374 e. The first kappa shape index (κ1) is 15.1. The van der Waals surface area contributed by atoms with E-state index in [9.17, 15) is 8.78 Å². The standard InChI is InChI=1S/C15H13Cl2F2N/c1-8-6-7-12(18)15(14(8)19)20-9(2)10-4-3-5-11(16)13(10)17/h3-7,9,20H,1-2H3. The van der Waals surface area contributed by atoms with Gasteiger partial charge in [0.05, 0.1) is 16.1 Å². The molecule has 1 nitrogen and oxygen atoms in total. The Hall–Kier alpha value is -1.32. The fourth-order valence-electron chi connectivity index (χ4n) is 1.94. The van der Waals surface area contributed by atoms with E-state index in [1.165, 1.54) is 12.1 Å². The molecule has 0 aromatic heterocycles. The zero-order valence-corrected chi connectivity index (χ0v) is 12.5. The molecular formula is C15H13Cl2F2N. The monoisotopic (exact) mass is 315 g/mol. The van der Waals surface area contributed by atoms with Crippen LogP contribution in [0.25, 0.3) is 0 Å². The smallest absolute Gasteiger partial charge is 0.152 e. The van der Waals surface area contributed by atoms with E-state index >= 15 is 0 Å². The molecule has 0 heterocycles. The summed E-state index contributed by atoms with van der Waals surface area (Å²) in [6.07, 6.45) is 0. The Labute approximate surface area is 126 Å². The molecule has 0 fully saturated rings. The van der Waals surface area contributed by atoms with Crippen LogP contribution in [0.15, 0.2) is 30.3 Å². The van der Waals surface area contributed by atoms with E-state index in [0.717, 1.165) is 0 Å². The summed E-state index contributed by atoms with van der Waals surface area (Å²) >= 11 is 12.0. The summed E-state index contributed by atoms with van der Waals surface area (Å²) in [6.45, 7) is 3.34. The molecule has 2 rings (SSSR count). The summed E-state index contributed by atoms with van der Waals surface area (Å²) in [6, 6.07) is 7.41. The van der Waals surface area contributed by atoms with E-state index in [4.69, 9.17) is 23.2 Å². The van der Waals surface area contributed by atoms with Gasteiger partial charge in [0.25, 0.3) is 0 Å². The Bertz CT molecular complexity index is 644. The number of nitrogens with one attached hydrogen (secondary N) is 1. The second kappa shape index (κ2) is 5.98. The third-order valence-electron chi connectivity index (χ3n) is 3.09. The van der Waals surface area contributed by atoms with Crippen LogP contribution >= 0.6 is 23.2 Å². The van der Waals surface area contributed by atoms with Crippen LogP contribution in [0.1, 0.15) is 24.1 Å². The molecule has 0 spiro atoms. The SMILES string of the molecule is Cc1ccc(F)c(NC(C)c2cccc(Cl)c2Cl)c1F. The maximum absolute atomic E-state index is 14.0. The number of benzene rings is 2. The number of anilines is 1. The predicted molar refractivity (Wildman–Crippen MR) is 79.6 cm³/mol. The van der Waals surface area contributed by atoms with E-state index in [1.807, 2.05) is 0 Å². The molecule has 2 aromatic carbocycles. The van der Waals surface area contributed by atoms with Gasteiger partial charge in [0.2, 0.25) is 0 Å². The van der Waals surface area contributed by atoms with E-state index in [2.05, 4.69) is 5.32 Å². The van der Waals surface area contributed by atoms with E-state index in [0.29, 0.717) is 21.2 Å². The first-order valence-corrected chi connectivity index (χ1v) is 6.82. The summed E-state index contributed by atoms with van der Waals surface area (Å²) in [4.78, 5) is 0. The number of aryl methyl sites for hydroxylation is 1. The second-order valence-corrected chi connectivity index (χ2v) is 5.35. The molecule has 0 aliphatic rings. The molecule has 0 amide bonds. The van der Waals surface area contributed by atoms with Crippen LogP contribution in [0.2, 0.25) is 10.0 Å². The lowest BCUT2D eigenvalue weighted by Gasteiger charge is -2.19. The molecule has 0 saturated heterocycles. The lowest BCUT2D eigenvalue weighted by Crippen LogP contribution is -2.11. The highest BCUT2D eigenvalue weighted by atomic mass is 35.5. The van der Waals surface area contributed by atoms with Crippen LogP contribution in [0.4, 0.5) is 14.5 Å². The van der Waals surface area contributed by atoms with Crippen molar-refractivity contribution < 1.29 is 8.78 Å². The van der Waals surface area contributed by atoms with Gasteiger partial charge >= 0.3 is 0 Å². The number of hydrogen-bond acceptors (Lipinski definition) is 1. The van der Waals surface area contributed by atoms with Gasteiger partial charge in [-0.25, -0.2) is 8.78 Å². The van der Waals surface area contributed by atoms with Gasteiger partial charge in [0.1, 0.15) is 11.5 Å². The van der Waals surface area contributed by atoms with Crippen molar-refractivity contribution in [3.05, 3.63) is 63.1 Å². The van der Waals surface area contributed by atoms with Gasteiger partial charge in [-0.2, -0.15) is 0 Å². The fourth-order valence-corrected chi connectivity index (χ4v) is 2.41. The van der Waals surface area contributed by atoms with Crippen LogP contribution in [-0.4, -0.2) is 0 Å². The van der Waals surface area contributed by atoms with Crippen LogP contribution in [0.5, 0.6) is 0 Å². The zero-order chi connectivity index (χ0) is 14.9. The highest BCUT2D eigenvalue weighted by molar-refractivity contribution is 6.42. The van der Waals surface area contributed by atoms with Crippen LogP contribution in [0.3, 0.4) is 0 Å². The molecule has 1 unspecified atom stereocenters. The summed E-state index contributed by atoms with van der Waals surface area (Å²) < 4.78 is 27.7. The Kier molecular flexibility index (Phi) is 4.51. The third-order valence-corrected chi connectivity index (χ3v) is 3.93. The lowest BCUT2D eigenvalue weighted by atomic mass is 10.1. The van der Waals surface area contributed by atoms with Gasteiger partial charge < -0.3 is 5.32 Å². The third kappa shape index (κ3) is 2.89. The van der Waals surface area contributed by atoms with Crippen molar-refractivity contribution >= 4 is 28.9 Å². The molecule has 1 atom stereocenters. The topological polar surface area (TPSA) is 12.0 Å². The number of rotatable bonds is 3. The second-order valence-electron chi connectivity index (χ2n) is 4.56. The maximum Gasteiger partial charge on any atom is 0.152 e. The molecule has 106 valence electrons. The van der Waals surface area contributed by atoms with Crippen molar-refractivity contribution in [2.45, 2.75) is 19.9 Å². The molecule has 0 aliphatic heterocycles. The van der Waals surface area contributed by atoms with Gasteiger partial charge in [0.15, 0.2) is 5.82 Å². The molecule has 1 N–H and O–H groups in total. The van der Waals surface area contributed by atoms with Crippen molar-refractivity contribution in [2.24, 2.45) is 0 Å². The molecule has 2 aromatic rings. The Morgan fingerprint density at radius 3 is 2.50 bits per heavy atom. The van der Waals surface area contributed by atoms with Crippen molar-refractivity contribution in [3.8, 4) is 0 Å². The van der Waals surface area contributed by atoms with Gasteiger partial charge in [-0.05, 0) is 37.1 Å². The highest BCUT2D eigenvalue weighted by Gasteiger charge is 2.17. The van der Waals surface area contributed by atoms with E-state index in [1.54, 1.807) is 32.0 Å². The summed E-state index contributed by atoms with van der Waals surface area (Å²) in [5.74, 6) is -1.24.